The van der Waals surface area contributed by atoms with Gasteiger partial charge in [0.15, 0.2) is 9.84 Å². The second-order valence-corrected chi connectivity index (χ2v) is 6.17. The largest absolute Gasteiger partial charge is 0.323 e. The summed E-state index contributed by atoms with van der Waals surface area (Å²) in [7, 11) is -3.35. The fourth-order valence-electron chi connectivity index (χ4n) is 1.30. The second kappa shape index (κ2) is 4.47. The maximum absolute atomic E-state index is 12.9. The Morgan fingerprint density at radius 2 is 1.62 bits per heavy atom. The van der Waals surface area contributed by atoms with Crippen molar-refractivity contribution in [1.82, 2.24) is 0 Å². The third kappa shape index (κ3) is 2.99. The average Bonchev–Trinajstić information content (AvgIpc) is 2.12. The predicted octanol–water partition coefficient (Wildman–Crippen LogP) is 1.40. The summed E-state index contributed by atoms with van der Waals surface area (Å²) in [4.78, 5) is 0. The molecule has 2 N–H and O–H groups in total. The molecule has 2 unspecified atom stereocenters. The van der Waals surface area contributed by atoms with Crippen molar-refractivity contribution in [3.8, 4) is 0 Å². The molecule has 0 bridgehead atoms. The number of hydrogen-bond donors (Lipinski definition) is 1. The lowest BCUT2D eigenvalue weighted by atomic mass is 10.1. The minimum atomic E-state index is -3.35. The lowest BCUT2D eigenvalue weighted by molar-refractivity contribution is 0.556. The van der Waals surface area contributed by atoms with Crippen LogP contribution in [0.4, 0.5) is 8.78 Å². The molecule has 1 aromatic carbocycles. The van der Waals surface area contributed by atoms with Crippen LogP contribution in [0.2, 0.25) is 0 Å². The fraction of sp³-hybridized carbons (Fsp3) is 0.400. The molecule has 0 aromatic heterocycles. The first-order chi connectivity index (χ1) is 7.21. The molecule has 3 nitrogen and oxygen atoms in total. The Morgan fingerprint density at radius 3 is 2.00 bits per heavy atom. The smallest absolute Gasteiger partial charge is 0.151 e. The summed E-state index contributed by atoms with van der Waals surface area (Å²) in [6.07, 6.45) is 1.03. The van der Waals surface area contributed by atoms with Crippen molar-refractivity contribution in [2.75, 3.05) is 6.26 Å². The molecule has 0 saturated carbocycles. The zero-order valence-electron chi connectivity index (χ0n) is 8.94. The Morgan fingerprint density at radius 1 is 1.19 bits per heavy atom. The minimum absolute atomic E-state index is 0.135. The maximum atomic E-state index is 12.9. The van der Waals surface area contributed by atoms with E-state index in [-0.39, 0.29) is 5.56 Å². The van der Waals surface area contributed by atoms with E-state index in [1.165, 1.54) is 6.92 Å². The van der Waals surface area contributed by atoms with Crippen LogP contribution in [-0.4, -0.2) is 19.9 Å². The molecule has 0 amide bonds. The number of benzene rings is 1. The summed E-state index contributed by atoms with van der Waals surface area (Å²) in [5, 5.41) is -0.895. The third-order valence-electron chi connectivity index (χ3n) is 2.45. The van der Waals surface area contributed by atoms with Crippen LogP contribution in [0.25, 0.3) is 0 Å². The van der Waals surface area contributed by atoms with Crippen LogP contribution in [0.1, 0.15) is 18.5 Å². The van der Waals surface area contributed by atoms with Crippen molar-refractivity contribution < 1.29 is 17.2 Å². The zero-order valence-corrected chi connectivity index (χ0v) is 9.76. The van der Waals surface area contributed by atoms with Crippen molar-refractivity contribution in [3.05, 3.63) is 35.4 Å². The highest BCUT2D eigenvalue weighted by Gasteiger charge is 2.24. The predicted molar refractivity (Wildman–Crippen MR) is 57.6 cm³/mol. The van der Waals surface area contributed by atoms with Crippen LogP contribution < -0.4 is 5.73 Å². The van der Waals surface area contributed by atoms with Gasteiger partial charge in [-0.15, -0.1) is 0 Å². The molecule has 0 heterocycles. The number of rotatable bonds is 3. The van der Waals surface area contributed by atoms with Crippen molar-refractivity contribution in [1.29, 1.82) is 0 Å². The number of nitrogens with two attached hydrogens (primary N) is 1. The highest BCUT2D eigenvalue weighted by molar-refractivity contribution is 7.91. The van der Waals surface area contributed by atoms with Gasteiger partial charge in [-0.3, -0.25) is 0 Å². The average molecular weight is 249 g/mol. The molecule has 90 valence electrons. The molecule has 6 heteroatoms. The highest BCUT2D eigenvalue weighted by atomic mass is 32.2. The summed E-state index contributed by atoms with van der Waals surface area (Å²) in [6, 6.07) is 1.84. The van der Waals surface area contributed by atoms with Crippen LogP contribution in [-0.2, 0) is 9.84 Å². The van der Waals surface area contributed by atoms with Crippen LogP contribution in [0, 0.1) is 11.6 Å². The lowest BCUT2D eigenvalue weighted by Crippen LogP contribution is -2.30. The molecule has 1 aromatic rings. The molecule has 16 heavy (non-hydrogen) atoms. The van der Waals surface area contributed by atoms with Gasteiger partial charge >= 0.3 is 0 Å². The van der Waals surface area contributed by atoms with E-state index in [1.54, 1.807) is 0 Å². The van der Waals surface area contributed by atoms with E-state index >= 15 is 0 Å². The van der Waals surface area contributed by atoms with Gasteiger partial charge in [0.25, 0.3) is 0 Å². The Labute approximate surface area is 93.2 Å². The van der Waals surface area contributed by atoms with Gasteiger partial charge in [0.1, 0.15) is 11.6 Å². The number of sulfone groups is 1. The van der Waals surface area contributed by atoms with E-state index in [4.69, 9.17) is 5.73 Å². The van der Waals surface area contributed by atoms with Crippen molar-refractivity contribution >= 4 is 9.84 Å². The Hall–Kier alpha value is -1.01. The normalized spacial score (nSPS) is 15.8. The first-order valence-electron chi connectivity index (χ1n) is 4.62. The van der Waals surface area contributed by atoms with Crippen LogP contribution in [0.5, 0.6) is 0 Å². The van der Waals surface area contributed by atoms with Gasteiger partial charge in [-0.1, -0.05) is 0 Å². The fourth-order valence-corrected chi connectivity index (χ4v) is 1.99. The minimum Gasteiger partial charge on any atom is -0.323 e. The summed E-state index contributed by atoms with van der Waals surface area (Å²) < 4.78 is 48.3. The second-order valence-electron chi connectivity index (χ2n) is 3.76. The number of hydrogen-bond acceptors (Lipinski definition) is 3. The van der Waals surface area contributed by atoms with Crippen LogP contribution >= 0.6 is 0 Å². The zero-order chi connectivity index (χ0) is 12.5. The Balaban J connectivity index is 3.10. The van der Waals surface area contributed by atoms with Crippen molar-refractivity contribution in [2.24, 2.45) is 5.73 Å². The Bertz CT molecular complexity index is 467. The van der Waals surface area contributed by atoms with Gasteiger partial charge in [-0.2, -0.15) is 0 Å². The molecule has 0 saturated heterocycles. The molecule has 2 atom stereocenters. The number of halogens is 2. The SMILES string of the molecule is CC(C(N)c1cc(F)cc(F)c1)S(C)(=O)=O. The van der Waals surface area contributed by atoms with Crippen molar-refractivity contribution in [2.45, 2.75) is 18.2 Å². The maximum Gasteiger partial charge on any atom is 0.151 e. The van der Waals surface area contributed by atoms with Crippen LogP contribution in [0.15, 0.2) is 18.2 Å². The molecular formula is C10H13F2NO2S. The Kier molecular flexibility index (Phi) is 3.64. The first-order valence-corrected chi connectivity index (χ1v) is 6.57. The van der Waals surface area contributed by atoms with Gasteiger partial charge in [-0.25, -0.2) is 17.2 Å². The van der Waals surface area contributed by atoms with E-state index in [0.29, 0.717) is 6.07 Å². The third-order valence-corrected chi connectivity index (χ3v) is 4.09. The summed E-state index contributed by atoms with van der Waals surface area (Å²) in [5.74, 6) is -1.54. The van der Waals surface area contributed by atoms with E-state index < -0.39 is 32.8 Å². The molecule has 0 aliphatic rings. The molecule has 0 radical (unpaired) electrons. The summed E-state index contributed by atoms with van der Waals surface area (Å²) in [5.41, 5.74) is 5.78. The van der Waals surface area contributed by atoms with Gasteiger partial charge in [0.2, 0.25) is 0 Å². The van der Waals surface area contributed by atoms with Gasteiger partial charge in [-0.05, 0) is 24.6 Å². The molecule has 1 rings (SSSR count). The molecule has 0 spiro atoms. The first kappa shape index (κ1) is 13.1. The van der Waals surface area contributed by atoms with Gasteiger partial charge in [0, 0.05) is 18.4 Å². The van der Waals surface area contributed by atoms with Gasteiger partial charge in [0.05, 0.1) is 5.25 Å². The molecule has 0 fully saturated rings. The van der Waals surface area contributed by atoms with Crippen LogP contribution in [0.3, 0.4) is 0 Å². The molecule has 0 aliphatic carbocycles. The quantitative estimate of drug-likeness (QED) is 0.880. The summed E-state index contributed by atoms with van der Waals surface area (Å²) >= 11 is 0. The van der Waals surface area contributed by atoms with Crippen molar-refractivity contribution in [3.63, 3.8) is 0 Å². The van der Waals surface area contributed by atoms with Gasteiger partial charge < -0.3 is 5.73 Å². The lowest BCUT2D eigenvalue weighted by Gasteiger charge is -2.18. The highest BCUT2D eigenvalue weighted by Crippen LogP contribution is 2.21. The van der Waals surface area contributed by atoms with E-state index in [1.807, 2.05) is 0 Å². The molecule has 0 aliphatic heterocycles. The van der Waals surface area contributed by atoms with E-state index in [0.717, 1.165) is 18.4 Å². The molecular weight excluding hydrogens is 236 g/mol. The van der Waals surface area contributed by atoms with E-state index in [2.05, 4.69) is 0 Å². The van der Waals surface area contributed by atoms with E-state index in [9.17, 15) is 17.2 Å². The standard InChI is InChI=1S/C10H13F2NO2S/c1-6(16(2,14)15)10(13)7-3-8(11)5-9(12)4-7/h3-6,10H,13H2,1-2H3. The topological polar surface area (TPSA) is 60.2 Å². The monoisotopic (exact) mass is 249 g/mol. The summed E-state index contributed by atoms with van der Waals surface area (Å²) in [6.45, 7) is 1.41.